The van der Waals surface area contributed by atoms with Crippen LogP contribution in [0.1, 0.15) is 39.0 Å². The van der Waals surface area contributed by atoms with E-state index < -0.39 is 0 Å². The first kappa shape index (κ1) is 13.3. The molecule has 2 rings (SSSR count). The van der Waals surface area contributed by atoms with Gasteiger partial charge < -0.3 is 10.6 Å². The van der Waals surface area contributed by atoms with Gasteiger partial charge in [-0.2, -0.15) is 0 Å². The molecule has 1 heterocycles. The summed E-state index contributed by atoms with van der Waals surface area (Å²) >= 11 is 0. The van der Waals surface area contributed by atoms with Gasteiger partial charge in [-0.3, -0.25) is 4.90 Å². The molecule has 2 N–H and O–H groups in total. The molecule has 0 bridgehead atoms. The van der Waals surface area contributed by atoms with Gasteiger partial charge in [-0.15, -0.1) is 0 Å². The van der Waals surface area contributed by atoms with Crippen LogP contribution >= 0.6 is 0 Å². The number of hydrogen-bond donors (Lipinski definition) is 2. The molecule has 100 valence electrons. The standard InChI is InChI=1S/C14H29N3/c1-13(17-10-8-15-9-11-17)12-16-7-6-14-4-2-3-5-14/h13-16H,2-12H2,1H3. The van der Waals surface area contributed by atoms with E-state index in [0.29, 0.717) is 6.04 Å². The molecule has 0 aromatic carbocycles. The molecule has 3 heteroatoms. The first-order chi connectivity index (χ1) is 8.36. The van der Waals surface area contributed by atoms with E-state index >= 15 is 0 Å². The number of nitrogens with one attached hydrogen (secondary N) is 2. The average molecular weight is 239 g/mol. The largest absolute Gasteiger partial charge is 0.315 e. The smallest absolute Gasteiger partial charge is 0.0193 e. The molecule has 1 saturated carbocycles. The molecule has 17 heavy (non-hydrogen) atoms. The molecule has 0 aromatic rings. The van der Waals surface area contributed by atoms with E-state index in [1.807, 2.05) is 0 Å². The SMILES string of the molecule is CC(CNCCC1CCCC1)N1CCNCC1. The molecule has 1 aliphatic carbocycles. The first-order valence-electron chi connectivity index (χ1n) is 7.52. The van der Waals surface area contributed by atoms with Crippen molar-refractivity contribution in [2.75, 3.05) is 39.3 Å². The van der Waals surface area contributed by atoms with Crippen LogP contribution in [0.15, 0.2) is 0 Å². The van der Waals surface area contributed by atoms with Gasteiger partial charge in [-0.1, -0.05) is 25.7 Å². The maximum Gasteiger partial charge on any atom is 0.0193 e. The molecule has 0 spiro atoms. The van der Waals surface area contributed by atoms with Crippen LogP contribution in [0.4, 0.5) is 0 Å². The summed E-state index contributed by atoms with van der Waals surface area (Å²) in [7, 11) is 0. The summed E-state index contributed by atoms with van der Waals surface area (Å²) in [5.41, 5.74) is 0. The molecule has 0 amide bonds. The van der Waals surface area contributed by atoms with E-state index in [2.05, 4.69) is 22.5 Å². The van der Waals surface area contributed by atoms with Crippen LogP contribution in [0.3, 0.4) is 0 Å². The van der Waals surface area contributed by atoms with Crippen molar-refractivity contribution in [1.29, 1.82) is 0 Å². The predicted molar refractivity (Wildman–Crippen MR) is 73.3 cm³/mol. The molecule has 0 radical (unpaired) electrons. The summed E-state index contributed by atoms with van der Waals surface area (Å²) in [6.07, 6.45) is 7.31. The fraction of sp³-hybridized carbons (Fsp3) is 1.00. The van der Waals surface area contributed by atoms with Crippen LogP contribution in [0.25, 0.3) is 0 Å². The van der Waals surface area contributed by atoms with Gasteiger partial charge in [-0.05, 0) is 25.8 Å². The van der Waals surface area contributed by atoms with Gasteiger partial charge in [0.2, 0.25) is 0 Å². The van der Waals surface area contributed by atoms with Gasteiger partial charge >= 0.3 is 0 Å². The van der Waals surface area contributed by atoms with Crippen LogP contribution in [-0.2, 0) is 0 Å². The highest BCUT2D eigenvalue weighted by atomic mass is 15.2. The third-order valence-electron chi connectivity index (χ3n) is 4.42. The van der Waals surface area contributed by atoms with E-state index in [-0.39, 0.29) is 0 Å². The van der Waals surface area contributed by atoms with E-state index in [0.717, 1.165) is 25.6 Å². The van der Waals surface area contributed by atoms with Gasteiger partial charge in [0.05, 0.1) is 0 Å². The molecular formula is C14H29N3. The lowest BCUT2D eigenvalue weighted by molar-refractivity contribution is 0.180. The van der Waals surface area contributed by atoms with Crippen LogP contribution in [0.2, 0.25) is 0 Å². The first-order valence-corrected chi connectivity index (χ1v) is 7.52. The molecule has 1 aliphatic heterocycles. The minimum Gasteiger partial charge on any atom is -0.315 e. The van der Waals surface area contributed by atoms with E-state index in [9.17, 15) is 0 Å². The minimum atomic E-state index is 0.695. The van der Waals surface area contributed by atoms with Crippen molar-refractivity contribution in [3.8, 4) is 0 Å². The molecule has 3 nitrogen and oxygen atoms in total. The lowest BCUT2D eigenvalue weighted by atomic mass is 10.0. The summed E-state index contributed by atoms with van der Waals surface area (Å²) in [5, 5.41) is 7.06. The number of nitrogens with zero attached hydrogens (tertiary/aromatic N) is 1. The second kappa shape index (κ2) is 7.34. The quantitative estimate of drug-likeness (QED) is 0.687. The Labute approximate surface area is 106 Å². The summed E-state index contributed by atoms with van der Waals surface area (Å²) in [4.78, 5) is 2.60. The average Bonchev–Trinajstić information content (AvgIpc) is 2.88. The topological polar surface area (TPSA) is 27.3 Å². The van der Waals surface area contributed by atoms with E-state index in [1.165, 1.54) is 51.7 Å². The van der Waals surface area contributed by atoms with Crippen molar-refractivity contribution in [3.05, 3.63) is 0 Å². The van der Waals surface area contributed by atoms with Crippen LogP contribution in [-0.4, -0.2) is 50.2 Å². The Morgan fingerprint density at radius 3 is 2.65 bits per heavy atom. The fourth-order valence-electron chi connectivity index (χ4n) is 3.17. The van der Waals surface area contributed by atoms with Crippen molar-refractivity contribution in [1.82, 2.24) is 15.5 Å². The van der Waals surface area contributed by atoms with Crippen LogP contribution < -0.4 is 10.6 Å². The third kappa shape index (κ3) is 4.57. The normalized spacial score (nSPS) is 25.2. The highest BCUT2D eigenvalue weighted by molar-refractivity contribution is 4.75. The Balaban J connectivity index is 1.51. The molecule has 1 atom stereocenters. The van der Waals surface area contributed by atoms with E-state index in [4.69, 9.17) is 0 Å². The van der Waals surface area contributed by atoms with Crippen molar-refractivity contribution < 1.29 is 0 Å². The summed E-state index contributed by atoms with van der Waals surface area (Å²) < 4.78 is 0. The molecular weight excluding hydrogens is 210 g/mol. The predicted octanol–water partition coefficient (Wildman–Crippen LogP) is 1.45. The second-order valence-electron chi connectivity index (χ2n) is 5.78. The van der Waals surface area contributed by atoms with Crippen molar-refractivity contribution in [2.24, 2.45) is 5.92 Å². The maximum absolute atomic E-state index is 3.65. The highest BCUT2D eigenvalue weighted by Gasteiger charge is 2.17. The van der Waals surface area contributed by atoms with Gasteiger partial charge in [0.15, 0.2) is 0 Å². The number of rotatable bonds is 6. The molecule has 1 unspecified atom stereocenters. The zero-order valence-electron chi connectivity index (χ0n) is 11.4. The summed E-state index contributed by atoms with van der Waals surface area (Å²) in [6, 6.07) is 0.695. The Bertz CT molecular complexity index is 196. The van der Waals surface area contributed by atoms with Crippen molar-refractivity contribution in [2.45, 2.75) is 45.1 Å². The van der Waals surface area contributed by atoms with Gasteiger partial charge in [0, 0.05) is 38.8 Å². The molecule has 2 fully saturated rings. The Morgan fingerprint density at radius 1 is 1.24 bits per heavy atom. The fourth-order valence-corrected chi connectivity index (χ4v) is 3.17. The second-order valence-corrected chi connectivity index (χ2v) is 5.78. The highest BCUT2D eigenvalue weighted by Crippen LogP contribution is 2.26. The van der Waals surface area contributed by atoms with Crippen molar-refractivity contribution in [3.63, 3.8) is 0 Å². The number of hydrogen-bond acceptors (Lipinski definition) is 3. The van der Waals surface area contributed by atoms with Crippen molar-refractivity contribution >= 4 is 0 Å². The zero-order valence-corrected chi connectivity index (χ0v) is 11.4. The summed E-state index contributed by atoms with van der Waals surface area (Å²) in [6.45, 7) is 9.48. The van der Waals surface area contributed by atoms with Gasteiger partial charge in [-0.25, -0.2) is 0 Å². The van der Waals surface area contributed by atoms with E-state index in [1.54, 1.807) is 0 Å². The summed E-state index contributed by atoms with van der Waals surface area (Å²) in [5.74, 6) is 1.02. The van der Waals surface area contributed by atoms with Gasteiger partial charge in [0.1, 0.15) is 0 Å². The molecule has 2 aliphatic rings. The monoisotopic (exact) mass is 239 g/mol. The maximum atomic E-state index is 3.65. The zero-order chi connectivity index (χ0) is 11.9. The Kier molecular flexibility index (Phi) is 5.75. The Hall–Kier alpha value is -0.120. The third-order valence-corrected chi connectivity index (χ3v) is 4.42. The Morgan fingerprint density at radius 2 is 1.94 bits per heavy atom. The van der Waals surface area contributed by atoms with Crippen LogP contribution in [0, 0.1) is 5.92 Å². The molecule has 0 aromatic heterocycles. The minimum absolute atomic E-state index is 0.695. The lowest BCUT2D eigenvalue weighted by Gasteiger charge is -2.33. The molecule has 1 saturated heterocycles. The van der Waals surface area contributed by atoms with Crippen LogP contribution in [0.5, 0.6) is 0 Å². The lowest BCUT2D eigenvalue weighted by Crippen LogP contribution is -2.50. The number of piperazine rings is 1. The van der Waals surface area contributed by atoms with Gasteiger partial charge in [0.25, 0.3) is 0 Å².